The molecule has 11 aromatic rings. The van der Waals surface area contributed by atoms with E-state index in [2.05, 4.69) is 182 Å². The molecule has 11 aromatic carbocycles. The first-order valence-corrected chi connectivity index (χ1v) is 19.9. The van der Waals surface area contributed by atoms with Crippen LogP contribution in [0.25, 0.3) is 109 Å². The zero-order valence-corrected chi connectivity index (χ0v) is 31.3. The molecule has 0 saturated carbocycles. The monoisotopic (exact) mass is 736 g/mol. The predicted molar refractivity (Wildman–Crippen MR) is 241 cm³/mol. The largest absolute Gasteiger partial charge is 0.456 e. The average Bonchev–Trinajstić information content (AvgIpc) is 3.28. The number of ether oxygens (including phenoxy) is 2. The molecule has 0 saturated heterocycles. The lowest BCUT2D eigenvalue weighted by Crippen LogP contribution is -1.98. The number of rotatable bonds is 3. The van der Waals surface area contributed by atoms with Gasteiger partial charge in [-0.25, -0.2) is 0 Å². The fraction of sp³-hybridized carbons (Fsp3) is 0. The van der Waals surface area contributed by atoms with Crippen LogP contribution in [-0.2, 0) is 0 Å². The van der Waals surface area contributed by atoms with E-state index < -0.39 is 0 Å². The number of hydrogen-bond acceptors (Lipinski definition) is 2. The smallest absolute Gasteiger partial charge is 0.135 e. The molecule has 0 radical (unpaired) electrons. The van der Waals surface area contributed by atoms with Gasteiger partial charge in [0.15, 0.2) is 0 Å². The van der Waals surface area contributed by atoms with Crippen LogP contribution in [-0.4, -0.2) is 0 Å². The summed E-state index contributed by atoms with van der Waals surface area (Å²) >= 11 is 0. The van der Waals surface area contributed by atoms with Crippen molar-refractivity contribution >= 4 is 53.9 Å². The molecule has 58 heavy (non-hydrogen) atoms. The molecule has 2 aliphatic rings. The standard InChI is InChI=1S/C56H32O2/c1-2-12-34-31-35(26-25-33(34)11-1)54-44-17-7-15-36(38-27-29-46-40-13-3-5-21-50(40)57-52-23-9-19-42(38)55(46)52)48(44)32-49-37(16-8-18-45(49)54)39-28-30-47-41-14-4-6-22-51(41)58-53-24-10-20-43(39)56(47)53/h1-32H. The maximum Gasteiger partial charge on any atom is 0.135 e. The van der Waals surface area contributed by atoms with Gasteiger partial charge < -0.3 is 9.47 Å². The van der Waals surface area contributed by atoms with Crippen LogP contribution in [0.2, 0.25) is 0 Å². The van der Waals surface area contributed by atoms with Crippen LogP contribution >= 0.6 is 0 Å². The summed E-state index contributed by atoms with van der Waals surface area (Å²) in [4.78, 5) is 0. The van der Waals surface area contributed by atoms with Crippen molar-refractivity contribution < 1.29 is 9.47 Å². The van der Waals surface area contributed by atoms with Gasteiger partial charge in [-0.3, -0.25) is 0 Å². The third kappa shape index (κ3) is 4.43. The van der Waals surface area contributed by atoms with Crippen molar-refractivity contribution in [1.82, 2.24) is 0 Å². The summed E-state index contributed by atoms with van der Waals surface area (Å²) in [5, 5.41) is 12.0. The summed E-state index contributed by atoms with van der Waals surface area (Å²) in [6.45, 7) is 0. The van der Waals surface area contributed by atoms with Crippen LogP contribution in [0, 0.1) is 0 Å². The van der Waals surface area contributed by atoms with Gasteiger partial charge in [0.1, 0.15) is 23.0 Å². The lowest BCUT2D eigenvalue weighted by Gasteiger charge is -2.24. The van der Waals surface area contributed by atoms with Crippen molar-refractivity contribution in [2.45, 2.75) is 0 Å². The molecule has 0 fully saturated rings. The molecule has 2 heteroatoms. The Morgan fingerprint density at radius 2 is 0.672 bits per heavy atom. The van der Waals surface area contributed by atoms with Crippen LogP contribution < -0.4 is 9.47 Å². The highest BCUT2D eigenvalue weighted by Gasteiger charge is 2.25. The normalized spacial score (nSPS) is 12.4. The van der Waals surface area contributed by atoms with Gasteiger partial charge >= 0.3 is 0 Å². The predicted octanol–water partition coefficient (Wildman–Crippen LogP) is 16.0. The van der Waals surface area contributed by atoms with Crippen LogP contribution in [0.5, 0.6) is 23.0 Å². The summed E-state index contributed by atoms with van der Waals surface area (Å²) in [5.74, 6) is 3.59. The quantitative estimate of drug-likeness (QED) is 0.168. The average molecular weight is 737 g/mol. The van der Waals surface area contributed by atoms with E-state index in [4.69, 9.17) is 9.47 Å². The third-order valence-electron chi connectivity index (χ3n) is 12.5. The maximum absolute atomic E-state index is 6.54. The molecule has 2 heterocycles. The zero-order valence-electron chi connectivity index (χ0n) is 31.3. The third-order valence-corrected chi connectivity index (χ3v) is 12.5. The molecular weight excluding hydrogens is 705 g/mol. The van der Waals surface area contributed by atoms with E-state index in [0.29, 0.717) is 0 Å². The van der Waals surface area contributed by atoms with Crippen molar-refractivity contribution in [3.63, 3.8) is 0 Å². The maximum atomic E-state index is 6.54. The van der Waals surface area contributed by atoms with E-state index in [1.54, 1.807) is 0 Å². The summed E-state index contributed by atoms with van der Waals surface area (Å²) in [7, 11) is 0. The van der Waals surface area contributed by atoms with E-state index in [1.807, 2.05) is 12.1 Å². The van der Waals surface area contributed by atoms with Crippen LogP contribution in [0.15, 0.2) is 194 Å². The van der Waals surface area contributed by atoms with Crippen LogP contribution in [0.3, 0.4) is 0 Å². The number of benzene rings is 11. The molecule has 0 aromatic heterocycles. The van der Waals surface area contributed by atoms with E-state index in [1.165, 1.54) is 87.6 Å². The first-order chi connectivity index (χ1) is 28.8. The highest BCUT2D eigenvalue weighted by Crippen LogP contribution is 2.52. The topological polar surface area (TPSA) is 18.5 Å². The molecule has 0 atom stereocenters. The molecule has 268 valence electrons. The zero-order chi connectivity index (χ0) is 37.9. The Morgan fingerprint density at radius 1 is 0.241 bits per heavy atom. The van der Waals surface area contributed by atoms with Gasteiger partial charge in [-0.05, 0) is 124 Å². The second-order valence-electron chi connectivity index (χ2n) is 15.5. The van der Waals surface area contributed by atoms with Gasteiger partial charge in [0.05, 0.1) is 0 Å². The van der Waals surface area contributed by atoms with E-state index in [-0.39, 0.29) is 0 Å². The molecule has 0 N–H and O–H groups in total. The summed E-state index contributed by atoms with van der Waals surface area (Å²) in [5.41, 5.74) is 11.9. The molecule has 2 nitrogen and oxygen atoms in total. The second kappa shape index (κ2) is 11.9. The van der Waals surface area contributed by atoms with Crippen molar-refractivity contribution in [2.24, 2.45) is 0 Å². The van der Waals surface area contributed by atoms with Gasteiger partial charge in [0.2, 0.25) is 0 Å². The van der Waals surface area contributed by atoms with Crippen molar-refractivity contribution in [3.8, 4) is 78.6 Å². The van der Waals surface area contributed by atoms with Crippen LogP contribution in [0.4, 0.5) is 0 Å². The Bertz CT molecular complexity index is 3380. The van der Waals surface area contributed by atoms with Crippen molar-refractivity contribution in [2.75, 3.05) is 0 Å². The summed E-state index contributed by atoms with van der Waals surface area (Å²) in [6.07, 6.45) is 0. The Morgan fingerprint density at radius 3 is 1.26 bits per heavy atom. The SMILES string of the molecule is c1ccc2c(c1)Oc1cccc3c(-c4cccc5c(-c6ccc7ccccc7c6)c6cccc(-c7ccc8c9c(cccc79)Oc7ccccc7-8)c6cc45)ccc-2c13. The highest BCUT2D eigenvalue weighted by molar-refractivity contribution is 6.23. The molecule has 0 spiro atoms. The van der Waals surface area contributed by atoms with Crippen molar-refractivity contribution in [1.29, 1.82) is 0 Å². The first kappa shape index (κ1) is 31.5. The minimum absolute atomic E-state index is 0.896. The highest BCUT2D eigenvalue weighted by atomic mass is 16.5. The fourth-order valence-electron chi connectivity index (χ4n) is 9.92. The molecule has 2 aliphatic heterocycles. The molecule has 0 aliphatic carbocycles. The van der Waals surface area contributed by atoms with Gasteiger partial charge in [0.25, 0.3) is 0 Å². The first-order valence-electron chi connectivity index (χ1n) is 19.9. The van der Waals surface area contributed by atoms with E-state index in [9.17, 15) is 0 Å². The Hall–Kier alpha value is -7.68. The van der Waals surface area contributed by atoms with Crippen LogP contribution in [0.1, 0.15) is 0 Å². The molecule has 0 unspecified atom stereocenters. The van der Waals surface area contributed by atoms with Gasteiger partial charge in [0, 0.05) is 21.9 Å². The Balaban J connectivity index is 1.13. The lowest BCUT2D eigenvalue weighted by atomic mass is 9.83. The molecule has 0 amide bonds. The molecule has 0 bridgehead atoms. The van der Waals surface area contributed by atoms with E-state index in [0.717, 1.165) is 44.9 Å². The Kier molecular flexibility index (Phi) is 6.47. The summed E-state index contributed by atoms with van der Waals surface area (Å²) < 4.78 is 13.1. The number of para-hydroxylation sites is 2. The minimum atomic E-state index is 0.896. The van der Waals surface area contributed by atoms with Crippen molar-refractivity contribution in [3.05, 3.63) is 194 Å². The minimum Gasteiger partial charge on any atom is -0.456 e. The number of fused-ring (bicyclic) bond motifs is 7. The van der Waals surface area contributed by atoms with Gasteiger partial charge in [-0.1, -0.05) is 158 Å². The van der Waals surface area contributed by atoms with Gasteiger partial charge in [-0.15, -0.1) is 0 Å². The lowest BCUT2D eigenvalue weighted by molar-refractivity contribution is 0.487. The summed E-state index contributed by atoms with van der Waals surface area (Å²) in [6, 6.07) is 70.5. The van der Waals surface area contributed by atoms with Gasteiger partial charge in [-0.2, -0.15) is 0 Å². The number of hydrogen-bond donors (Lipinski definition) is 0. The Labute approximate surface area is 334 Å². The van der Waals surface area contributed by atoms with E-state index >= 15 is 0 Å². The fourth-order valence-corrected chi connectivity index (χ4v) is 9.92. The second-order valence-corrected chi connectivity index (χ2v) is 15.5. The molecule has 13 rings (SSSR count). The molecular formula is C56H32O2.